The first-order valence-electron chi connectivity index (χ1n) is 7.55. The molecule has 1 fully saturated rings. The summed E-state index contributed by atoms with van der Waals surface area (Å²) >= 11 is 0. The van der Waals surface area contributed by atoms with E-state index in [1.54, 1.807) is 7.11 Å². The SMILES string of the molecule is COc1ccc2[nH]cc(CCNc3nnc(C4CC4)o3)c2c1. The Hall–Kier alpha value is -2.50. The molecule has 2 N–H and O–H groups in total. The highest BCUT2D eigenvalue weighted by Gasteiger charge is 2.29. The van der Waals surface area contributed by atoms with Gasteiger partial charge in [-0.25, -0.2) is 0 Å². The van der Waals surface area contributed by atoms with E-state index in [-0.39, 0.29) is 0 Å². The fraction of sp³-hybridized carbons (Fsp3) is 0.375. The maximum absolute atomic E-state index is 5.59. The molecule has 4 rings (SSSR count). The second-order valence-corrected chi connectivity index (χ2v) is 5.62. The number of anilines is 1. The zero-order chi connectivity index (χ0) is 14.9. The number of nitrogens with one attached hydrogen (secondary N) is 2. The van der Waals surface area contributed by atoms with E-state index in [0.29, 0.717) is 11.9 Å². The van der Waals surface area contributed by atoms with Crippen LogP contribution in [0.5, 0.6) is 5.75 Å². The molecule has 2 aromatic heterocycles. The smallest absolute Gasteiger partial charge is 0.315 e. The summed E-state index contributed by atoms with van der Waals surface area (Å²) in [6.07, 6.45) is 5.24. The summed E-state index contributed by atoms with van der Waals surface area (Å²) in [5.41, 5.74) is 2.35. The molecular weight excluding hydrogens is 280 g/mol. The summed E-state index contributed by atoms with van der Waals surface area (Å²) in [5, 5.41) is 12.5. The number of aromatic amines is 1. The molecule has 0 bridgehead atoms. The number of fused-ring (bicyclic) bond motifs is 1. The lowest BCUT2D eigenvalue weighted by Crippen LogP contribution is -2.04. The van der Waals surface area contributed by atoms with Crippen molar-refractivity contribution in [3.63, 3.8) is 0 Å². The van der Waals surface area contributed by atoms with Crippen LogP contribution in [0.25, 0.3) is 10.9 Å². The third-order valence-electron chi connectivity index (χ3n) is 4.01. The Balaban J connectivity index is 1.42. The van der Waals surface area contributed by atoms with Crippen LogP contribution in [0.4, 0.5) is 6.01 Å². The summed E-state index contributed by atoms with van der Waals surface area (Å²) in [5.74, 6) is 2.12. The summed E-state index contributed by atoms with van der Waals surface area (Å²) in [7, 11) is 1.68. The van der Waals surface area contributed by atoms with Crippen molar-refractivity contribution in [2.24, 2.45) is 0 Å². The number of hydrogen-bond acceptors (Lipinski definition) is 5. The molecule has 0 amide bonds. The van der Waals surface area contributed by atoms with Crippen LogP contribution in [0.2, 0.25) is 0 Å². The zero-order valence-corrected chi connectivity index (χ0v) is 12.4. The van der Waals surface area contributed by atoms with Crippen LogP contribution < -0.4 is 10.1 Å². The van der Waals surface area contributed by atoms with Gasteiger partial charge in [-0.05, 0) is 43.0 Å². The maximum Gasteiger partial charge on any atom is 0.315 e. The monoisotopic (exact) mass is 298 g/mol. The molecule has 0 atom stereocenters. The van der Waals surface area contributed by atoms with Crippen molar-refractivity contribution in [2.45, 2.75) is 25.2 Å². The van der Waals surface area contributed by atoms with E-state index in [9.17, 15) is 0 Å². The van der Waals surface area contributed by atoms with Crippen LogP contribution in [0.3, 0.4) is 0 Å². The minimum Gasteiger partial charge on any atom is -0.497 e. The van der Waals surface area contributed by atoms with Gasteiger partial charge in [0, 0.05) is 29.6 Å². The first-order chi connectivity index (χ1) is 10.8. The van der Waals surface area contributed by atoms with Crippen molar-refractivity contribution < 1.29 is 9.15 Å². The molecular formula is C16H18N4O2. The number of methoxy groups -OCH3 is 1. The number of benzene rings is 1. The molecule has 22 heavy (non-hydrogen) atoms. The molecule has 0 saturated heterocycles. The van der Waals surface area contributed by atoms with E-state index in [1.165, 1.54) is 23.8 Å². The quantitative estimate of drug-likeness (QED) is 0.731. The Morgan fingerprint density at radius 2 is 2.27 bits per heavy atom. The van der Waals surface area contributed by atoms with Crippen LogP contribution >= 0.6 is 0 Å². The van der Waals surface area contributed by atoms with Crippen molar-refractivity contribution in [1.82, 2.24) is 15.2 Å². The Labute approximate surface area is 127 Å². The summed E-state index contributed by atoms with van der Waals surface area (Å²) < 4.78 is 10.9. The van der Waals surface area contributed by atoms with Gasteiger partial charge in [0.15, 0.2) is 0 Å². The minimum atomic E-state index is 0.490. The highest BCUT2D eigenvalue weighted by molar-refractivity contribution is 5.84. The Morgan fingerprint density at radius 3 is 3.09 bits per heavy atom. The van der Waals surface area contributed by atoms with E-state index < -0.39 is 0 Å². The largest absolute Gasteiger partial charge is 0.497 e. The van der Waals surface area contributed by atoms with Gasteiger partial charge in [-0.1, -0.05) is 5.10 Å². The first kappa shape index (κ1) is 13.2. The van der Waals surface area contributed by atoms with Gasteiger partial charge >= 0.3 is 6.01 Å². The van der Waals surface area contributed by atoms with E-state index >= 15 is 0 Å². The van der Waals surface area contributed by atoms with Gasteiger partial charge in [0.25, 0.3) is 0 Å². The molecule has 1 aliphatic rings. The van der Waals surface area contributed by atoms with Crippen molar-refractivity contribution in [2.75, 3.05) is 19.0 Å². The van der Waals surface area contributed by atoms with Gasteiger partial charge in [-0.2, -0.15) is 0 Å². The number of hydrogen-bond donors (Lipinski definition) is 2. The highest BCUT2D eigenvalue weighted by Crippen LogP contribution is 2.39. The third-order valence-corrected chi connectivity index (χ3v) is 4.01. The van der Waals surface area contributed by atoms with Gasteiger partial charge < -0.3 is 19.5 Å². The number of H-pyrrole nitrogens is 1. The lowest BCUT2D eigenvalue weighted by Gasteiger charge is -2.02. The molecule has 0 spiro atoms. The van der Waals surface area contributed by atoms with Crippen LogP contribution in [0.1, 0.15) is 30.2 Å². The normalized spacial score (nSPS) is 14.4. The minimum absolute atomic E-state index is 0.490. The van der Waals surface area contributed by atoms with Gasteiger partial charge in [-0.15, -0.1) is 5.10 Å². The van der Waals surface area contributed by atoms with E-state index in [1.807, 2.05) is 18.3 Å². The van der Waals surface area contributed by atoms with Crippen LogP contribution in [0, 0.1) is 0 Å². The number of rotatable bonds is 6. The van der Waals surface area contributed by atoms with Gasteiger partial charge in [0.2, 0.25) is 5.89 Å². The van der Waals surface area contributed by atoms with E-state index in [0.717, 1.165) is 30.1 Å². The Bertz CT molecular complexity index is 788. The maximum atomic E-state index is 5.59. The predicted octanol–water partition coefficient (Wildman–Crippen LogP) is 3.09. The average Bonchev–Trinajstić information content (AvgIpc) is 3.16. The average molecular weight is 298 g/mol. The lowest BCUT2D eigenvalue weighted by atomic mass is 10.1. The van der Waals surface area contributed by atoms with Gasteiger partial charge in [-0.3, -0.25) is 0 Å². The fourth-order valence-electron chi connectivity index (χ4n) is 2.60. The molecule has 6 nitrogen and oxygen atoms in total. The van der Waals surface area contributed by atoms with E-state index in [4.69, 9.17) is 9.15 Å². The fourth-order valence-corrected chi connectivity index (χ4v) is 2.60. The topological polar surface area (TPSA) is 76.0 Å². The second-order valence-electron chi connectivity index (χ2n) is 5.62. The number of aromatic nitrogens is 3. The number of ether oxygens (including phenoxy) is 1. The third kappa shape index (κ3) is 2.52. The summed E-state index contributed by atoms with van der Waals surface area (Å²) in [6.45, 7) is 0.746. The van der Waals surface area contributed by atoms with E-state index in [2.05, 4.69) is 26.6 Å². The molecule has 114 valence electrons. The highest BCUT2D eigenvalue weighted by atomic mass is 16.5. The molecule has 1 saturated carbocycles. The molecule has 1 aliphatic carbocycles. The lowest BCUT2D eigenvalue weighted by molar-refractivity contribution is 0.415. The van der Waals surface area contributed by atoms with Crippen molar-refractivity contribution >= 4 is 16.9 Å². The molecule has 0 unspecified atom stereocenters. The molecule has 0 radical (unpaired) electrons. The molecule has 1 aromatic carbocycles. The van der Waals surface area contributed by atoms with Crippen molar-refractivity contribution in [1.29, 1.82) is 0 Å². The van der Waals surface area contributed by atoms with Gasteiger partial charge in [0.05, 0.1) is 7.11 Å². The second kappa shape index (κ2) is 5.36. The Morgan fingerprint density at radius 1 is 1.36 bits per heavy atom. The Kier molecular flexibility index (Phi) is 3.21. The molecule has 0 aliphatic heterocycles. The zero-order valence-electron chi connectivity index (χ0n) is 12.4. The standard InChI is InChI=1S/C16H18N4O2/c1-21-12-4-5-14-13(8-12)11(9-18-14)6-7-17-16-20-19-15(22-16)10-2-3-10/h4-5,8-10,18H,2-3,6-7H2,1H3,(H,17,20). The van der Waals surface area contributed by atoms with Gasteiger partial charge in [0.1, 0.15) is 5.75 Å². The summed E-state index contributed by atoms with van der Waals surface area (Å²) in [4.78, 5) is 3.28. The van der Waals surface area contributed by atoms with Crippen molar-refractivity contribution in [3.05, 3.63) is 35.9 Å². The van der Waals surface area contributed by atoms with Crippen LogP contribution in [-0.2, 0) is 6.42 Å². The van der Waals surface area contributed by atoms with Crippen LogP contribution in [-0.4, -0.2) is 28.8 Å². The first-order valence-corrected chi connectivity index (χ1v) is 7.55. The predicted molar refractivity (Wildman–Crippen MR) is 83.3 cm³/mol. The van der Waals surface area contributed by atoms with Crippen LogP contribution in [0.15, 0.2) is 28.8 Å². The molecule has 2 heterocycles. The number of nitrogens with zero attached hydrogens (tertiary/aromatic N) is 2. The summed E-state index contributed by atoms with van der Waals surface area (Å²) in [6, 6.07) is 6.56. The molecule has 3 aromatic rings. The molecule has 6 heteroatoms. The van der Waals surface area contributed by atoms with Crippen molar-refractivity contribution in [3.8, 4) is 5.75 Å².